The Balaban J connectivity index is 1.04. The van der Waals surface area contributed by atoms with Gasteiger partial charge in [-0.25, -0.2) is 9.37 Å². The van der Waals surface area contributed by atoms with Crippen LogP contribution in [0.1, 0.15) is 57.6 Å². The molecule has 4 heterocycles. The van der Waals surface area contributed by atoms with Crippen molar-refractivity contribution in [3.63, 3.8) is 0 Å². The van der Waals surface area contributed by atoms with E-state index in [1.807, 2.05) is 36.6 Å². The van der Waals surface area contributed by atoms with Gasteiger partial charge in [-0.2, -0.15) is 5.10 Å². The molecule has 316 valence electrons. The van der Waals surface area contributed by atoms with Gasteiger partial charge in [-0.1, -0.05) is 19.1 Å². The summed E-state index contributed by atoms with van der Waals surface area (Å²) in [5.41, 5.74) is 5.27. The monoisotopic (exact) mass is 813 g/mol. The Morgan fingerprint density at radius 2 is 1.73 bits per heavy atom. The van der Waals surface area contributed by atoms with E-state index in [2.05, 4.69) is 20.7 Å². The van der Waals surface area contributed by atoms with Crippen LogP contribution in [-0.2, 0) is 27.9 Å². The van der Waals surface area contributed by atoms with Crippen molar-refractivity contribution >= 4 is 29.4 Å². The molecule has 59 heavy (non-hydrogen) atoms. The number of amides is 3. The summed E-state index contributed by atoms with van der Waals surface area (Å²) in [5.74, 6) is -1.44. The molecule has 3 N–H and O–H groups in total. The van der Waals surface area contributed by atoms with Crippen molar-refractivity contribution in [1.29, 1.82) is 0 Å². The van der Waals surface area contributed by atoms with E-state index in [4.69, 9.17) is 4.74 Å². The smallest absolute Gasteiger partial charge is 0.317 e. The second-order valence-corrected chi connectivity index (χ2v) is 15.6. The summed E-state index contributed by atoms with van der Waals surface area (Å²) in [5, 5.41) is 19.9. The number of hydrogen-bond acceptors (Lipinski definition) is 9. The van der Waals surface area contributed by atoms with E-state index in [9.17, 15) is 24.3 Å². The maximum Gasteiger partial charge on any atom is 0.317 e. The lowest BCUT2D eigenvalue weighted by atomic mass is 9.98. The number of ether oxygens (including phenoxy) is 1. The van der Waals surface area contributed by atoms with Crippen molar-refractivity contribution in [2.45, 2.75) is 47.1 Å². The van der Waals surface area contributed by atoms with Crippen LogP contribution in [0.5, 0.6) is 0 Å². The third-order valence-electron chi connectivity index (χ3n) is 11.7. The Morgan fingerprint density at radius 3 is 2.37 bits per heavy atom. The van der Waals surface area contributed by atoms with Gasteiger partial charge in [-0.3, -0.25) is 28.8 Å². The molecule has 4 aromatic rings. The molecule has 0 radical (unpaired) electrons. The molecule has 2 aliphatic heterocycles. The molecule has 0 saturated carbocycles. The quantitative estimate of drug-likeness (QED) is 0.141. The largest absolute Gasteiger partial charge is 0.480 e. The maximum absolute atomic E-state index is 15.9. The van der Waals surface area contributed by atoms with E-state index in [1.54, 1.807) is 71.9 Å². The van der Waals surface area contributed by atoms with Crippen molar-refractivity contribution in [3.05, 3.63) is 76.8 Å². The lowest BCUT2D eigenvalue weighted by molar-refractivity contribution is -0.138. The molecule has 3 amide bonds. The third-order valence-corrected chi connectivity index (χ3v) is 11.7. The van der Waals surface area contributed by atoms with Gasteiger partial charge < -0.3 is 34.8 Å². The zero-order valence-corrected chi connectivity index (χ0v) is 34.9. The van der Waals surface area contributed by atoms with Gasteiger partial charge in [0.1, 0.15) is 5.82 Å². The number of rotatable bonds is 17. The number of hydrogen-bond donors (Lipinski definition) is 3. The first-order valence-electron chi connectivity index (χ1n) is 20.3. The molecule has 2 aromatic carbocycles. The number of imidazole rings is 1. The van der Waals surface area contributed by atoms with Crippen molar-refractivity contribution in [3.8, 4) is 22.4 Å². The Kier molecular flexibility index (Phi) is 14.0. The number of carbonyl (C=O) groups is 4. The number of carbonyl (C=O) groups excluding carboxylic acids is 3. The van der Waals surface area contributed by atoms with Crippen LogP contribution in [0.4, 0.5) is 10.1 Å². The molecule has 2 aliphatic rings. The Hall–Kier alpha value is -5.45. The molecular weight excluding hydrogens is 758 g/mol. The molecule has 15 nitrogen and oxygen atoms in total. The van der Waals surface area contributed by atoms with Gasteiger partial charge in [0.15, 0.2) is 5.82 Å². The minimum Gasteiger partial charge on any atom is -0.480 e. The van der Waals surface area contributed by atoms with Gasteiger partial charge in [0.05, 0.1) is 37.8 Å². The van der Waals surface area contributed by atoms with Crippen LogP contribution in [0.15, 0.2) is 42.7 Å². The minimum atomic E-state index is -0.866. The molecule has 0 aliphatic carbocycles. The molecular formula is C43H56FN9O6. The topological polar surface area (TPSA) is 167 Å². The number of benzene rings is 2. The number of carboxylic acids is 1. The van der Waals surface area contributed by atoms with Gasteiger partial charge in [-0.05, 0) is 75.4 Å². The van der Waals surface area contributed by atoms with Crippen LogP contribution >= 0.6 is 0 Å². The lowest BCUT2D eigenvalue weighted by Crippen LogP contribution is -2.52. The van der Waals surface area contributed by atoms with Crippen molar-refractivity contribution in [2.75, 3.05) is 77.9 Å². The van der Waals surface area contributed by atoms with Gasteiger partial charge >= 0.3 is 5.97 Å². The van der Waals surface area contributed by atoms with E-state index in [-0.39, 0.29) is 35.9 Å². The van der Waals surface area contributed by atoms with E-state index in [0.29, 0.717) is 116 Å². The van der Waals surface area contributed by atoms with Crippen LogP contribution in [0.2, 0.25) is 0 Å². The first-order chi connectivity index (χ1) is 28.3. The Morgan fingerprint density at radius 1 is 1.02 bits per heavy atom. The predicted octanol–water partition coefficient (Wildman–Crippen LogP) is 4.22. The minimum absolute atomic E-state index is 0.0372. The van der Waals surface area contributed by atoms with Crippen LogP contribution < -0.4 is 10.6 Å². The SMILES string of the molecule is CCC(CCN(CC(=O)O)CC1CNC1)C(=O)N1CCN(C(=O)c2ccc(NC(=O)c3ncc(-c4ccc(-c5cnn(CCOC)c5C)c(F)c4C)n3C)cc2C)CC1. The van der Waals surface area contributed by atoms with Gasteiger partial charge in [0.25, 0.3) is 11.8 Å². The van der Waals surface area contributed by atoms with Crippen molar-refractivity contribution < 1.29 is 33.4 Å². The lowest BCUT2D eigenvalue weighted by Gasteiger charge is -2.37. The Bertz CT molecular complexity index is 2170. The number of aryl methyl sites for hydroxylation is 1. The molecule has 2 aromatic heterocycles. The van der Waals surface area contributed by atoms with Gasteiger partial charge in [0, 0.05) is 99.5 Å². The zero-order chi connectivity index (χ0) is 42.4. The van der Waals surface area contributed by atoms with E-state index >= 15 is 4.39 Å². The highest BCUT2D eigenvalue weighted by Gasteiger charge is 2.30. The number of aromatic nitrogens is 4. The summed E-state index contributed by atoms with van der Waals surface area (Å²) in [6.45, 7) is 13.1. The normalized spacial score (nSPS) is 15.1. The van der Waals surface area contributed by atoms with E-state index < -0.39 is 11.9 Å². The molecule has 2 saturated heterocycles. The van der Waals surface area contributed by atoms with E-state index in [0.717, 1.165) is 18.8 Å². The van der Waals surface area contributed by atoms with Crippen LogP contribution in [0.3, 0.4) is 0 Å². The number of nitrogens with zero attached hydrogens (tertiary/aromatic N) is 7. The van der Waals surface area contributed by atoms with Crippen molar-refractivity contribution in [1.82, 2.24) is 39.3 Å². The molecule has 16 heteroatoms. The summed E-state index contributed by atoms with van der Waals surface area (Å²) in [4.78, 5) is 62.0. The van der Waals surface area contributed by atoms with Crippen LogP contribution in [-0.4, -0.2) is 135 Å². The zero-order valence-electron chi connectivity index (χ0n) is 34.9. The third kappa shape index (κ3) is 9.72. The summed E-state index contributed by atoms with van der Waals surface area (Å²) in [7, 11) is 3.33. The first-order valence-corrected chi connectivity index (χ1v) is 20.3. The highest BCUT2D eigenvalue weighted by molar-refractivity contribution is 6.03. The van der Waals surface area contributed by atoms with E-state index in [1.165, 1.54) is 0 Å². The standard InChI is InChI=1S/C43H56FN9O6/c1-7-31(12-13-50(26-38(54)55)25-30-21-45-22-30)42(57)51-14-16-52(17-15-51)43(58)33-9-8-32(20-27(33)2)48-41(56)40-46-24-37(49(40)5)34-10-11-35(39(44)28(34)3)36-23-47-53(29(36)4)18-19-59-6/h8-11,20,23-24,30-31,45H,7,12-19,21-22,25-26H2,1-6H3,(H,48,56)(H,54,55). The van der Waals surface area contributed by atoms with Gasteiger partial charge in [0.2, 0.25) is 5.91 Å². The summed E-state index contributed by atoms with van der Waals surface area (Å²) >= 11 is 0. The van der Waals surface area contributed by atoms with Crippen LogP contribution in [0, 0.1) is 38.4 Å². The molecule has 0 spiro atoms. The second-order valence-electron chi connectivity index (χ2n) is 15.6. The molecule has 1 unspecified atom stereocenters. The molecule has 6 rings (SSSR count). The first kappa shape index (κ1) is 43.1. The highest BCUT2D eigenvalue weighted by Crippen LogP contribution is 2.34. The highest BCUT2D eigenvalue weighted by atomic mass is 19.1. The second kappa shape index (κ2) is 19.1. The number of carboxylic acid groups (broad SMARTS) is 1. The number of piperazine rings is 1. The van der Waals surface area contributed by atoms with Crippen molar-refractivity contribution in [2.24, 2.45) is 18.9 Å². The summed E-state index contributed by atoms with van der Waals surface area (Å²) in [6.07, 6.45) is 4.46. The fourth-order valence-electron chi connectivity index (χ4n) is 7.99. The average Bonchev–Trinajstić information content (AvgIpc) is 3.77. The molecule has 1 atom stereocenters. The van der Waals surface area contributed by atoms with Crippen LogP contribution in [0.25, 0.3) is 22.4 Å². The molecule has 0 bridgehead atoms. The number of anilines is 1. The number of nitrogens with one attached hydrogen (secondary N) is 2. The predicted molar refractivity (Wildman–Crippen MR) is 222 cm³/mol. The number of aliphatic carboxylic acids is 1. The average molecular weight is 814 g/mol. The Labute approximate surface area is 344 Å². The maximum atomic E-state index is 15.9. The fourth-order valence-corrected chi connectivity index (χ4v) is 7.99. The van der Waals surface area contributed by atoms with Gasteiger partial charge in [-0.15, -0.1) is 0 Å². The fraction of sp³-hybridized carbons (Fsp3) is 0.488. The summed E-state index contributed by atoms with van der Waals surface area (Å²) in [6, 6.07) is 8.67. The number of halogens is 1. The summed E-state index contributed by atoms with van der Waals surface area (Å²) < 4.78 is 24.5. The number of methoxy groups -OCH3 is 1. The molecule has 2 fully saturated rings.